The Bertz CT molecular complexity index is 921. The molecule has 0 radical (unpaired) electrons. The Morgan fingerprint density at radius 2 is 1.64 bits per heavy atom. The summed E-state index contributed by atoms with van der Waals surface area (Å²) >= 11 is 0. The zero-order valence-electron chi connectivity index (χ0n) is 16.4. The third-order valence-corrected chi connectivity index (χ3v) is 6.58. The van der Waals surface area contributed by atoms with Gasteiger partial charge in [0, 0.05) is 32.7 Å². The highest BCUT2D eigenvalue weighted by Gasteiger charge is 2.23. The molecule has 1 aliphatic heterocycles. The molecule has 1 heterocycles. The summed E-state index contributed by atoms with van der Waals surface area (Å²) in [7, 11) is -3.69. The minimum absolute atomic E-state index is 0.188. The molecule has 0 bridgehead atoms. The second-order valence-electron chi connectivity index (χ2n) is 7.21. The van der Waals surface area contributed by atoms with Gasteiger partial charge in [-0.05, 0) is 42.7 Å². The fourth-order valence-corrected chi connectivity index (χ4v) is 4.29. The molecule has 150 valence electrons. The minimum atomic E-state index is -3.69. The molecule has 1 aliphatic rings. The van der Waals surface area contributed by atoms with E-state index >= 15 is 0 Å². The van der Waals surface area contributed by atoms with Crippen molar-refractivity contribution in [2.45, 2.75) is 25.3 Å². The molecule has 2 aromatic carbocycles. The lowest BCUT2D eigenvalue weighted by atomic mass is 10.1. The molecule has 28 heavy (non-hydrogen) atoms. The highest BCUT2D eigenvalue weighted by atomic mass is 32.2. The maximum Gasteiger partial charge on any atom is 0.241 e. The highest BCUT2D eigenvalue weighted by molar-refractivity contribution is 7.89. The normalized spacial score (nSPS) is 15.6. The number of benzene rings is 2. The lowest BCUT2D eigenvalue weighted by Gasteiger charge is -2.34. The molecule has 6 nitrogen and oxygen atoms in total. The smallest absolute Gasteiger partial charge is 0.241 e. The van der Waals surface area contributed by atoms with Gasteiger partial charge in [-0.1, -0.05) is 36.4 Å². The van der Waals surface area contributed by atoms with E-state index in [-0.39, 0.29) is 17.3 Å². The van der Waals surface area contributed by atoms with Crippen LogP contribution in [0, 0.1) is 13.8 Å². The molecule has 0 spiro atoms. The van der Waals surface area contributed by atoms with Crippen molar-refractivity contribution in [3.63, 3.8) is 0 Å². The zero-order valence-corrected chi connectivity index (χ0v) is 17.2. The molecule has 1 N–H and O–H groups in total. The fourth-order valence-electron chi connectivity index (χ4n) is 3.23. The number of hydrogen-bond acceptors (Lipinski definition) is 4. The van der Waals surface area contributed by atoms with Gasteiger partial charge in [0.05, 0.1) is 11.4 Å². The molecule has 1 fully saturated rings. The monoisotopic (exact) mass is 401 g/mol. The average Bonchev–Trinajstić information content (AvgIpc) is 2.69. The summed E-state index contributed by atoms with van der Waals surface area (Å²) in [5, 5.41) is 0. The molecule has 1 amide bonds. The van der Waals surface area contributed by atoms with Crippen molar-refractivity contribution >= 4 is 15.9 Å². The fraction of sp³-hybridized carbons (Fsp3) is 0.381. The van der Waals surface area contributed by atoms with Crippen LogP contribution in [0.1, 0.15) is 16.7 Å². The van der Waals surface area contributed by atoms with Gasteiger partial charge in [-0.2, -0.15) is 0 Å². The summed E-state index contributed by atoms with van der Waals surface area (Å²) in [6, 6.07) is 15.2. The summed E-state index contributed by atoms with van der Waals surface area (Å²) in [5.74, 6) is -0.188. The van der Waals surface area contributed by atoms with Crippen molar-refractivity contribution in [3.05, 3.63) is 65.2 Å². The molecule has 2 aromatic rings. The quantitative estimate of drug-likeness (QED) is 0.803. The van der Waals surface area contributed by atoms with Crippen molar-refractivity contribution in [2.75, 3.05) is 32.7 Å². The van der Waals surface area contributed by atoms with Crippen LogP contribution in [-0.4, -0.2) is 56.8 Å². The summed E-state index contributed by atoms with van der Waals surface area (Å²) < 4.78 is 27.3. The summed E-state index contributed by atoms with van der Waals surface area (Å²) in [4.78, 5) is 16.7. The highest BCUT2D eigenvalue weighted by Crippen LogP contribution is 2.14. The molecule has 0 unspecified atom stereocenters. The second kappa shape index (κ2) is 8.86. The average molecular weight is 402 g/mol. The van der Waals surface area contributed by atoms with Gasteiger partial charge in [-0.3, -0.25) is 9.69 Å². The standard InChI is InChI=1S/C21H27N3O3S/c1-17-8-9-20(14-18(17)2)28(26,27)22-15-21(25)24-12-10-23(11-13-24)16-19-6-4-3-5-7-19/h3-9,14,22H,10-13,15-16H2,1-2H3. The number of carbonyl (C=O) groups excluding carboxylic acids is 1. The van der Waals surface area contributed by atoms with E-state index in [0.29, 0.717) is 13.1 Å². The number of sulfonamides is 1. The van der Waals surface area contributed by atoms with Crippen LogP contribution in [0.4, 0.5) is 0 Å². The van der Waals surface area contributed by atoms with Crippen LogP contribution in [-0.2, 0) is 21.4 Å². The van der Waals surface area contributed by atoms with Gasteiger partial charge in [-0.15, -0.1) is 0 Å². The maximum atomic E-state index is 12.4. The van der Waals surface area contributed by atoms with Crippen molar-refractivity contribution in [3.8, 4) is 0 Å². The van der Waals surface area contributed by atoms with Gasteiger partial charge >= 0.3 is 0 Å². The van der Waals surface area contributed by atoms with Gasteiger partial charge in [0.25, 0.3) is 0 Å². The molecule has 0 atom stereocenters. The van der Waals surface area contributed by atoms with Gasteiger partial charge < -0.3 is 4.90 Å². The van der Waals surface area contributed by atoms with Gasteiger partial charge in [0.15, 0.2) is 0 Å². The third-order valence-electron chi connectivity index (χ3n) is 5.18. The first-order valence-corrected chi connectivity index (χ1v) is 10.9. The SMILES string of the molecule is Cc1ccc(S(=O)(=O)NCC(=O)N2CCN(Cc3ccccc3)CC2)cc1C. The Morgan fingerprint density at radius 3 is 2.29 bits per heavy atom. The number of aryl methyl sites for hydroxylation is 2. The predicted octanol–water partition coefficient (Wildman–Crippen LogP) is 1.93. The van der Waals surface area contributed by atoms with Crippen molar-refractivity contribution in [2.24, 2.45) is 0 Å². The van der Waals surface area contributed by atoms with Crippen LogP contribution < -0.4 is 4.72 Å². The zero-order chi connectivity index (χ0) is 20.1. The Labute approximate surface area is 167 Å². The van der Waals surface area contributed by atoms with Crippen LogP contribution in [0.15, 0.2) is 53.4 Å². The van der Waals surface area contributed by atoms with E-state index in [4.69, 9.17) is 0 Å². The van der Waals surface area contributed by atoms with E-state index in [2.05, 4.69) is 21.8 Å². The maximum absolute atomic E-state index is 12.4. The Kier molecular flexibility index (Phi) is 6.49. The lowest BCUT2D eigenvalue weighted by molar-refractivity contribution is -0.131. The van der Waals surface area contributed by atoms with E-state index in [1.165, 1.54) is 5.56 Å². The van der Waals surface area contributed by atoms with Crippen LogP contribution in [0.25, 0.3) is 0 Å². The molecule has 3 rings (SSSR count). The molecule has 0 aromatic heterocycles. The van der Waals surface area contributed by atoms with E-state index in [1.54, 1.807) is 23.1 Å². The van der Waals surface area contributed by atoms with Gasteiger partial charge in [0.2, 0.25) is 15.9 Å². The van der Waals surface area contributed by atoms with Gasteiger partial charge in [0.1, 0.15) is 0 Å². The third kappa shape index (κ3) is 5.19. The van der Waals surface area contributed by atoms with Crippen LogP contribution in [0.2, 0.25) is 0 Å². The molecule has 1 saturated heterocycles. The summed E-state index contributed by atoms with van der Waals surface area (Å²) in [6.45, 7) is 7.23. The predicted molar refractivity (Wildman–Crippen MR) is 109 cm³/mol. The van der Waals surface area contributed by atoms with Crippen LogP contribution in [0.5, 0.6) is 0 Å². The van der Waals surface area contributed by atoms with Gasteiger partial charge in [-0.25, -0.2) is 13.1 Å². The molecular weight excluding hydrogens is 374 g/mol. The number of carbonyl (C=O) groups is 1. The molecule has 0 aliphatic carbocycles. The summed E-state index contributed by atoms with van der Waals surface area (Å²) in [5.41, 5.74) is 3.19. The molecule has 0 saturated carbocycles. The van der Waals surface area contributed by atoms with E-state index in [1.807, 2.05) is 32.0 Å². The lowest BCUT2D eigenvalue weighted by Crippen LogP contribution is -2.50. The second-order valence-corrected chi connectivity index (χ2v) is 8.98. The summed E-state index contributed by atoms with van der Waals surface area (Å²) in [6.07, 6.45) is 0. The number of hydrogen-bond donors (Lipinski definition) is 1. The first kappa shape index (κ1) is 20.5. The Hall–Kier alpha value is -2.22. The number of amides is 1. The molecule has 7 heteroatoms. The van der Waals surface area contributed by atoms with Crippen molar-refractivity contribution in [1.82, 2.24) is 14.5 Å². The molecular formula is C21H27N3O3S. The van der Waals surface area contributed by atoms with Crippen molar-refractivity contribution in [1.29, 1.82) is 0 Å². The van der Waals surface area contributed by atoms with E-state index in [9.17, 15) is 13.2 Å². The Morgan fingerprint density at radius 1 is 0.964 bits per heavy atom. The minimum Gasteiger partial charge on any atom is -0.339 e. The number of rotatable bonds is 6. The Balaban J connectivity index is 1.49. The largest absolute Gasteiger partial charge is 0.339 e. The number of nitrogens with one attached hydrogen (secondary N) is 1. The van der Waals surface area contributed by atoms with E-state index in [0.717, 1.165) is 30.8 Å². The number of piperazine rings is 1. The number of nitrogens with zero attached hydrogens (tertiary/aromatic N) is 2. The van der Waals surface area contributed by atoms with Crippen LogP contribution >= 0.6 is 0 Å². The first-order chi connectivity index (χ1) is 13.3. The van der Waals surface area contributed by atoms with E-state index < -0.39 is 10.0 Å². The topological polar surface area (TPSA) is 69.7 Å². The first-order valence-electron chi connectivity index (χ1n) is 9.46. The van der Waals surface area contributed by atoms with Crippen LogP contribution in [0.3, 0.4) is 0 Å². The van der Waals surface area contributed by atoms with Crippen molar-refractivity contribution < 1.29 is 13.2 Å².